The Hall–Kier alpha value is 0.917. The van der Waals surface area contributed by atoms with Gasteiger partial charge < -0.3 is 40.5 Å². The molecule has 0 amide bonds. The molecule has 0 atom stereocenters. The molecular weight excluding hydrogens is 520 g/mol. The maximum absolute atomic E-state index is 4.91. The van der Waals surface area contributed by atoms with Crippen molar-refractivity contribution < 1.29 is 41.4 Å². The van der Waals surface area contributed by atoms with E-state index in [-0.39, 0.29) is 41.4 Å². The second-order valence-electron chi connectivity index (χ2n) is 7.12. The van der Waals surface area contributed by atoms with Crippen LogP contribution in [0, 0.1) is 41.5 Å². The number of rotatable bonds is 8. The molecule has 1 aromatic carbocycles. The third kappa shape index (κ3) is 13.3. The zero-order valence-corrected chi connectivity index (χ0v) is 23.3. The zero-order chi connectivity index (χ0) is 19.6. The summed E-state index contributed by atoms with van der Waals surface area (Å²) in [5.41, 5.74) is 8.73. The van der Waals surface area contributed by atoms with Crippen molar-refractivity contribution in [2.75, 3.05) is 51.8 Å². The molecule has 28 heavy (non-hydrogen) atoms. The number of nitrogens with zero attached hydrogens (tertiary/aromatic N) is 2. The molecule has 0 aliphatic heterocycles. The summed E-state index contributed by atoms with van der Waals surface area (Å²) in [4.78, 5) is 4.57. The first kappa shape index (κ1) is 36.3. The van der Waals surface area contributed by atoms with Crippen LogP contribution in [0.1, 0.15) is 39.8 Å². The van der Waals surface area contributed by atoms with Crippen LogP contribution in [0.5, 0.6) is 0 Å². The summed E-state index contributed by atoms with van der Waals surface area (Å²) in [5, 5.41) is 0. The van der Waals surface area contributed by atoms with Gasteiger partial charge in [0, 0.05) is 0 Å². The van der Waals surface area contributed by atoms with Crippen molar-refractivity contribution in [1.29, 1.82) is 0 Å². The first-order chi connectivity index (χ1) is 11.7. The summed E-state index contributed by atoms with van der Waals surface area (Å²) < 4.78 is 0. The molecule has 0 saturated carbocycles. The van der Waals surface area contributed by atoms with Crippen LogP contribution in [-0.4, -0.2) is 67.1 Å². The summed E-state index contributed by atoms with van der Waals surface area (Å²) >= 11 is 9.81. The third-order valence-electron chi connectivity index (χ3n) is 5.40. The second-order valence-corrected chi connectivity index (χ2v) is 7.93. The van der Waals surface area contributed by atoms with Crippen LogP contribution in [-0.2, 0) is 61.2 Å². The number of hydrogen-bond acceptors (Lipinski definition) is 4. The Morgan fingerprint density at radius 2 is 0.786 bits per heavy atom. The normalized spacial score (nSPS) is 9.86. The Balaban J connectivity index is -0.000000186. The topological polar surface area (TPSA) is 38.0 Å². The van der Waals surface area contributed by atoms with Crippen molar-refractivity contribution in [3.8, 4) is 0 Å². The molecule has 1 radical (unpaired) electrons. The molecule has 7 heteroatoms. The Kier molecular flexibility index (Phi) is 25.7. The van der Waals surface area contributed by atoms with Gasteiger partial charge in [0.2, 0.25) is 0 Å². The minimum atomic E-state index is 0. The summed E-state index contributed by atoms with van der Waals surface area (Å²) in [6.45, 7) is 17.6. The van der Waals surface area contributed by atoms with Crippen LogP contribution in [0.3, 0.4) is 0 Å². The van der Waals surface area contributed by atoms with E-state index in [4.69, 9.17) is 25.3 Å². The van der Waals surface area contributed by atoms with Crippen molar-refractivity contribution in [2.45, 2.75) is 48.0 Å². The maximum atomic E-state index is 4.91. The molecule has 0 aliphatic carbocycles. The molecule has 2 N–H and O–H groups in total. The summed E-state index contributed by atoms with van der Waals surface area (Å²) in [6, 6.07) is 0. The van der Waals surface area contributed by atoms with E-state index in [9.17, 15) is 0 Å². The average molecular weight is 561 g/mol. The van der Waals surface area contributed by atoms with E-state index in [0.717, 1.165) is 37.7 Å². The van der Waals surface area contributed by atoms with E-state index in [1.807, 2.05) is 0 Å². The fourth-order valence-corrected chi connectivity index (χ4v) is 3.46. The Bertz CT molecular complexity index is 417. The minimum absolute atomic E-state index is 0. The molecule has 1 rings (SSSR count). The van der Waals surface area contributed by atoms with Gasteiger partial charge in [-0.25, -0.2) is 0 Å². The van der Waals surface area contributed by atoms with Crippen LogP contribution in [0.4, 0.5) is 0 Å². The van der Waals surface area contributed by atoms with Crippen molar-refractivity contribution in [3.05, 3.63) is 33.4 Å². The molecule has 0 bridgehead atoms. The van der Waals surface area contributed by atoms with Crippen LogP contribution in [0.15, 0.2) is 0 Å². The summed E-state index contributed by atoms with van der Waals surface area (Å²) in [6.07, 6.45) is 1.21. The molecule has 0 aromatic heterocycles. The van der Waals surface area contributed by atoms with Gasteiger partial charge in [-0.15, -0.1) is 0 Å². The van der Waals surface area contributed by atoms with Crippen molar-refractivity contribution in [1.82, 2.24) is 9.80 Å². The molecule has 1 aromatic rings. The Morgan fingerprint density at radius 3 is 0.964 bits per heavy atom. The zero-order valence-electron chi connectivity index (χ0n) is 18.9. The standard InChI is InChI=1S/C12H18.C9H22N2S2.Ni.H2O.Ru.H/c1-7-8(2)10(4)12(6)11(5)9(7)3;1-10(6-8-12)4-3-5-11(2)7-9-13;;;;/h1-6H3;12-13H,3-9H2,1-2H3;;1H2;;/q;;+2;;+1;/p-2. The van der Waals surface area contributed by atoms with Crippen molar-refractivity contribution in [3.63, 3.8) is 0 Å². The van der Waals surface area contributed by atoms with Gasteiger partial charge in [0.15, 0.2) is 0 Å². The van der Waals surface area contributed by atoms with Crippen LogP contribution >= 0.6 is 0 Å². The molecule has 0 saturated heterocycles. The predicted octanol–water partition coefficient (Wildman–Crippen LogP) is 2.77. The average Bonchev–Trinajstić information content (AvgIpc) is 2.57. The van der Waals surface area contributed by atoms with Crippen LogP contribution < -0.4 is 0 Å². The van der Waals surface area contributed by atoms with Crippen LogP contribution in [0.2, 0.25) is 0 Å². The summed E-state index contributed by atoms with van der Waals surface area (Å²) in [7, 11) is 4.25. The van der Waals surface area contributed by atoms with Gasteiger partial charge in [0.05, 0.1) is 0 Å². The van der Waals surface area contributed by atoms with E-state index in [2.05, 4.69) is 65.4 Å². The fraction of sp³-hybridized carbons (Fsp3) is 0.714. The molecular formula is C21H41N2NiORuS2+. The number of hydrogen-bond donors (Lipinski definition) is 0. The number of benzene rings is 1. The quantitative estimate of drug-likeness (QED) is 0.362. The first-order valence-corrected chi connectivity index (χ1v) is 10.4. The van der Waals surface area contributed by atoms with E-state index in [1.165, 1.54) is 39.8 Å². The van der Waals surface area contributed by atoms with Gasteiger partial charge in [-0.1, -0.05) is 0 Å². The monoisotopic (exact) mass is 561 g/mol. The van der Waals surface area contributed by atoms with E-state index in [1.54, 1.807) is 0 Å². The second kappa shape index (κ2) is 19.9. The Labute approximate surface area is 208 Å². The SMILES string of the molecule is CN(CC[S-])CCCN(C)CC[S-].Cc1c(C)c(C)c(C)c(C)c1C.O.[Ni+2].[RuH+]. The van der Waals surface area contributed by atoms with Gasteiger partial charge in [0.1, 0.15) is 0 Å². The van der Waals surface area contributed by atoms with E-state index in [0.29, 0.717) is 0 Å². The molecule has 0 heterocycles. The van der Waals surface area contributed by atoms with Gasteiger partial charge >= 0.3 is 36.0 Å². The fourth-order valence-electron chi connectivity index (χ4n) is 2.83. The molecule has 0 aliphatic rings. The molecule has 170 valence electrons. The van der Waals surface area contributed by atoms with E-state index < -0.39 is 0 Å². The van der Waals surface area contributed by atoms with E-state index >= 15 is 0 Å². The molecule has 0 fully saturated rings. The third-order valence-corrected chi connectivity index (χ3v) is 5.77. The first-order valence-electron chi connectivity index (χ1n) is 9.24. The van der Waals surface area contributed by atoms with Crippen molar-refractivity contribution >= 4 is 25.3 Å². The summed E-state index contributed by atoms with van der Waals surface area (Å²) in [5.74, 6) is 1.66. The predicted molar refractivity (Wildman–Crippen MR) is 124 cm³/mol. The van der Waals surface area contributed by atoms with Gasteiger partial charge in [-0.2, -0.15) is 11.5 Å². The van der Waals surface area contributed by atoms with Crippen molar-refractivity contribution in [2.24, 2.45) is 0 Å². The van der Waals surface area contributed by atoms with Gasteiger partial charge in [-0.05, 0) is 122 Å². The molecule has 0 spiro atoms. The molecule has 3 nitrogen and oxygen atoms in total. The molecule has 0 unspecified atom stereocenters. The van der Waals surface area contributed by atoms with Gasteiger partial charge in [0.25, 0.3) is 0 Å². The Morgan fingerprint density at radius 1 is 0.571 bits per heavy atom. The van der Waals surface area contributed by atoms with Crippen LogP contribution in [0.25, 0.3) is 0 Å². The van der Waals surface area contributed by atoms with Gasteiger partial charge in [-0.3, -0.25) is 0 Å².